The standard InChI is InChI=1S/C10H9F3INO2/c1-2-17-7(16)3-5-8(9(12)13)6(11)4-15-10(5)14/h4,9H,2-3H2,1H3. The summed E-state index contributed by atoms with van der Waals surface area (Å²) in [5.74, 6) is -1.79. The van der Waals surface area contributed by atoms with Gasteiger partial charge < -0.3 is 4.74 Å². The van der Waals surface area contributed by atoms with Gasteiger partial charge in [-0.3, -0.25) is 4.79 Å². The van der Waals surface area contributed by atoms with Gasteiger partial charge in [0.05, 0.1) is 24.8 Å². The van der Waals surface area contributed by atoms with Crippen LogP contribution in [0.15, 0.2) is 6.20 Å². The van der Waals surface area contributed by atoms with E-state index >= 15 is 0 Å². The summed E-state index contributed by atoms with van der Waals surface area (Å²) in [7, 11) is 0. The Morgan fingerprint density at radius 2 is 2.24 bits per heavy atom. The highest BCUT2D eigenvalue weighted by molar-refractivity contribution is 14.1. The smallest absolute Gasteiger partial charge is 0.310 e. The quantitative estimate of drug-likeness (QED) is 0.472. The van der Waals surface area contributed by atoms with E-state index in [0.29, 0.717) is 0 Å². The first kappa shape index (κ1) is 14.2. The van der Waals surface area contributed by atoms with E-state index in [1.807, 2.05) is 0 Å². The zero-order valence-electron chi connectivity index (χ0n) is 8.84. The molecule has 0 atom stereocenters. The van der Waals surface area contributed by atoms with Gasteiger partial charge in [0.1, 0.15) is 3.70 Å². The normalized spacial score (nSPS) is 10.7. The number of alkyl halides is 2. The number of ether oxygens (including phenoxy) is 1. The molecule has 0 aromatic carbocycles. The van der Waals surface area contributed by atoms with Crippen molar-refractivity contribution >= 4 is 28.6 Å². The van der Waals surface area contributed by atoms with E-state index in [1.165, 1.54) is 0 Å². The molecule has 0 saturated heterocycles. The van der Waals surface area contributed by atoms with Gasteiger partial charge in [-0.15, -0.1) is 0 Å². The average Bonchev–Trinajstić information content (AvgIpc) is 2.23. The molecule has 0 bridgehead atoms. The van der Waals surface area contributed by atoms with Crippen LogP contribution < -0.4 is 0 Å². The second kappa shape index (κ2) is 6.18. The van der Waals surface area contributed by atoms with Crippen LogP contribution in [0.4, 0.5) is 13.2 Å². The van der Waals surface area contributed by atoms with E-state index in [0.717, 1.165) is 6.20 Å². The van der Waals surface area contributed by atoms with Crippen LogP contribution in [0.3, 0.4) is 0 Å². The second-order valence-electron chi connectivity index (χ2n) is 3.07. The Balaban J connectivity index is 3.12. The predicted octanol–water partition coefficient (Wildman–Crippen LogP) is 2.87. The predicted molar refractivity (Wildman–Crippen MR) is 62.2 cm³/mol. The van der Waals surface area contributed by atoms with Crippen LogP contribution in [0, 0.1) is 9.52 Å². The summed E-state index contributed by atoms with van der Waals surface area (Å²) in [6.45, 7) is 1.74. The topological polar surface area (TPSA) is 39.2 Å². The van der Waals surface area contributed by atoms with Crippen molar-refractivity contribution in [3.8, 4) is 0 Å². The SMILES string of the molecule is CCOC(=O)Cc1c(I)ncc(F)c1C(F)F. The van der Waals surface area contributed by atoms with Crippen molar-refractivity contribution in [1.29, 1.82) is 0 Å². The van der Waals surface area contributed by atoms with Gasteiger partial charge in [-0.25, -0.2) is 18.2 Å². The van der Waals surface area contributed by atoms with E-state index in [2.05, 4.69) is 9.72 Å². The molecule has 0 aliphatic rings. The minimum Gasteiger partial charge on any atom is -0.466 e. The summed E-state index contributed by atoms with van der Waals surface area (Å²) in [5.41, 5.74) is -0.892. The lowest BCUT2D eigenvalue weighted by molar-refractivity contribution is -0.142. The lowest BCUT2D eigenvalue weighted by atomic mass is 10.1. The average molecular weight is 359 g/mol. The molecule has 0 unspecified atom stereocenters. The molecule has 1 aromatic rings. The zero-order valence-corrected chi connectivity index (χ0v) is 11.0. The number of esters is 1. The summed E-state index contributed by atoms with van der Waals surface area (Å²) < 4.78 is 43.4. The van der Waals surface area contributed by atoms with Crippen molar-refractivity contribution < 1.29 is 22.7 Å². The Kier molecular flexibility index (Phi) is 5.16. The Hall–Kier alpha value is -0.860. The lowest BCUT2D eigenvalue weighted by Crippen LogP contribution is -2.13. The van der Waals surface area contributed by atoms with Crippen LogP contribution in [0.1, 0.15) is 24.5 Å². The van der Waals surface area contributed by atoms with Crippen LogP contribution in [0.25, 0.3) is 0 Å². The minimum absolute atomic E-state index is 0.112. The molecule has 0 amide bonds. The molecule has 0 aliphatic heterocycles. The summed E-state index contributed by atoms with van der Waals surface area (Å²) >= 11 is 1.68. The van der Waals surface area contributed by atoms with Gasteiger partial charge in [0.15, 0.2) is 5.82 Å². The van der Waals surface area contributed by atoms with Gasteiger partial charge >= 0.3 is 5.97 Å². The van der Waals surface area contributed by atoms with Crippen LogP contribution >= 0.6 is 22.6 Å². The van der Waals surface area contributed by atoms with Crippen molar-refractivity contribution in [3.63, 3.8) is 0 Å². The molecule has 1 aromatic heterocycles. The van der Waals surface area contributed by atoms with Gasteiger partial charge in [-0.1, -0.05) is 0 Å². The van der Waals surface area contributed by atoms with Crippen LogP contribution in [-0.4, -0.2) is 17.6 Å². The maximum atomic E-state index is 13.2. The second-order valence-corrected chi connectivity index (χ2v) is 4.09. The first-order valence-corrected chi connectivity index (χ1v) is 5.81. The van der Waals surface area contributed by atoms with Gasteiger partial charge in [0.25, 0.3) is 6.43 Å². The molecule has 7 heteroatoms. The first-order chi connectivity index (χ1) is 7.97. The van der Waals surface area contributed by atoms with Gasteiger partial charge in [-0.05, 0) is 29.5 Å². The van der Waals surface area contributed by atoms with Crippen LogP contribution in [0.5, 0.6) is 0 Å². The third-order valence-corrected chi connectivity index (χ3v) is 2.90. The summed E-state index contributed by atoms with van der Waals surface area (Å²) in [5, 5.41) is 0. The van der Waals surface area contributed by atoms with Crippen molar-refractivity contribution in [3.05, 3.63) is 26.8 Å². The molecule has 0 aliphatic carbocycles. The third-order valence-electron chi connectivity index (χ3n) is 1.97. The highest BCUT2D eigenvalue weighted by Gasteiger charge is 2.23. The molecule has 0 fully saturated rings. The van der Waals surface area contributed by atoms with E-state index in [4.69, 9.17) is 0 Å². The molecule has 0 N–H and O–H groups in total. The molecule has 1 rings (SSSR count). The number of hydrogen-bond donors (Lipinski definition) is 0. The van der Waals surface area contributed by atoms with Crippen molar-refractivity contribution in [2.24, 2.45) is 0 Å². The number of hydrogen-bond acceptors (Lipinski definition) is 3. The zero-order chi connectivity index (χ0) is 13.0. The largest absolute Gasteiger partial charge is 0.466 e. The fourth-order valence-corrected chi connectivity index (χ4v) is 1.90. The van der Waals surface area contributed by atoms with Gasteiger partial charge in [0.2, 0.25) is 0 Å². The molecular formula is C10H9F3INO2. The molecule has 0 radical (unpaired) electrons. The summed E-state index contributed by atoms with van der Waals surface area (Å²) in [4.78, 5) is 14.8. The minimum atomic E-state index is -2.99. The van der Waals surface area contributed by atoms with Crippen LogP contribution in [0.2, 0.25) is 0 Å². The van der Waals surface area contributed by atoms with Crippen molar-refractivity contribution in [2.75, 3.05) is 6.61 Å². The Morgan fingerprint density at radius 1 is 1.59 bits per heavy atom. The Morgan fingerprint density at radius 3 is 2.76 bits per heavy atom. The lowest BCUT2D eigenvalue weighted by Gasteiger charge is -2.10. The van der Waals surface area contributed by atoms with Gasteiger partial charge in [-0.2, -0.15) is 0 Å². The number of pyridine rings is 1. The Labute approximate surface area is 110 Å². The fraction of sp³-hybridized carbons (Fsp3) is 0.400. The number of rotatable bonds is 4. The highest BCUT2D eigenvalue weighted by Crippen LogP contribution is 2.28. The molecule has 94 valence electrons. The first-order valence-electron chi connectivity index (χ1n) is 4.73. The number of halogens is 4. The molecule has 17 heavy (non-hydrogen) atoms. The summed E-state index contributed by atoms with van der Waals surface area (Å²) in [6.07, 6.45) is -2.68. The van der Waals surface area contributed by atoms with Crippen molar-refractivity contribution in [1.82, 2.24) is 4.98 Å². The van der Waals surface area contributed by atoms with E-state index in [-0.39, 0.29) is 15.9 Å². The molecule has 3 nitrogen and oxygen atoms in total. The van der Waals surface area contributed by atoms with Crippen LogP contribution in [-0.2, 0) is 16.0 Å². The maximum Gasteiger partial charge on any atom is 0.310 e. The molecule has 0 saturated carbocycles. The fourth-order valence-electron chi connectivity index (χ4n) is 1.28. The van der Waals surface area contributed by atoms with E-state index in [9.17, 15) is 18.0 Å². The third kappa shape index (κ3) is 3.55. The molecule has 1 heterocycles. The number of carbonyl (C=O) groups is 1. The molecular weight excluding hydrogens is 350 g/mol. The highest BCUT2D eigenvalue weighted by atomic mass is 127. The summed E-state index contributed by atoms with van der Waals surface area (Å²) in [6, 6.07) is 0. The van der Waals surface area contributed by atoms with Crippen molar-refractivity contribution in [2.45, 2.75) is 19.8 Å². The van der Waals surface area contributed by atoms with E-state index < -0.39 is 30.2 Å². The number of nitrogens with zero attached hydrogens (tertiary/aromatic N) is 1. The van der Waals surface area contributed by atoms with Gasteiger partial charge in [0, 0.05) is 5.56 Å². The van der Waals surface area contributed by atoms with E-state index in [1.54, 1.807) is 29.5 Å². The number of aromatic nitrogens is 1. The Bertz CT molecular complexity index is 426. The number of carbonyl (C=O) groups excluding carboxylic acids is 1. The monoisotopic (exact) mass is 359 g/mol. The molecule has 0 spiro atoms. The maximum absolute atomic E-state index is 13.2.